The largest absolute Gasteiger partial charge is 0.372 e. The molecule has 0 aliphatic rings. The molecule has 0 fully saturated rings. The topological polar surface area (TPSA) is 80.1 Å². The van der Waals surface area contributed by atoms with Crippen LogP contribution in [0.15, 0.2) is 34.0 Å². The van der Waals surface area contributed by atoms with Gasteiger partial charge in [-0.3, -0.25) is 4.68 Å². The number of hydrogen-bond donors (Lipinski definition) is 1. The molecule has 0 bridgehead atoms. The summed E-state index contributed by atoms with van der Waals surface area (Å²) >= 11 is 3.25. The highest BCUT2D eigenvalue weighted by molar-refractivity contribution is 9.10. The van der Waals surface area contributed by atoms with Crippen molar-refractivity contribution in [3.8, 4) is 0 Å². The van der Waals surface area contributed by atoms with E-state index in [9.17, 15) is 8.42 Å². The lowest BCUT2D eigenvalue weighted by atomic mass is 10.4. The van der Waals surface area contributed by atoms with Crippen molar-refractivity contribution in [1.82, 2.24) is 19.1 Å². The van der Waals surface area contributed by atoms with E-state index in [1.54, 1.807) is 37.4 Å². The number of aromatic nitrogens is 3. The molecule has 114 valence electrons. The van der Waals surface area contributed by atoms with Crippen LogP contribution in [0.3, 0.4) is 0 Å². The molecule has 21 heavy (non-hydrogen) atoms. The SMILES string of the molecule is CNc1ncc(Br)cc1S(=O)(=O)N(C)Cc1cnn(C)c1. The summed E-state index contributed by atoms with van der Waals surface area (Å²) in [5, 5.41) is 6.83. The van der Waals surface area contributed by atoms with Crippen molar-refractivity contribution in [2.45, 2.75) is 11.4 Å². The van der Waals surface area contributed by atoms with Crippen molar-refractivity contribution in [3.05, 3.63) is 34.7 Å². The lowest BCUT2D eigenvalue weighted by molar-refractivity contribution is 0.466. The maximum Gasteiger partial charge on any atom is 0.246 e. The number of rotatable bonds is 5. The maximum absolute atomic E-state index is 12.7. The summed E-state index contributed by atoms with van der Waals surface area (Å²) in [6.45, 7) is 0.242. The molecule has 0 spiro atoms. The third-order valence-corrected chi connectivity index (χ3v) is 5.16. The first-order chi connectivity index (χ1) is 9.84. The zero-order valence-corrected chi connectivity index (χ0v) is 14.3. The Balaban J connectivity index is 2.35. The van der Waals surface area contributed by atoms with Crippen LogP contribution in [0.1, 0.15) is 5.56 Å². The summed E-state index contributed by atoms with van der Waals surface area (Å²) in [4.78, 5) is 4.21. The molecule has 0 aliphatic carbocycles. The fourth-order valence-corrected chi connectivity index (χ4v) is 3.68. The molecule has 0 amide bonds. The van der Waals surface area contributed by atoms with E-state index < -0.39 is 10.0 Å². The van der Waals surface area contributed by atoms with Gasteiger partial charge in [0.25, 0.3) is 0 Å². The molecule has 2 rings (SSSR count). The molecule has 2 aromatic rings. The smallest absolute Gasteiger partial charge is 0.246 e. The molecule has 2 aromatic heterocycles. The summed E-state index contributed by atoms with van der Waals surface area (Å²) < 4.78 is 28.9. The van der Waals surface area contributed by atoms with Crippen LogP contribution in [0.2, 0.25) is 0 Å². The molecule has 2 heterocycles. The van der Waals surface area contributed by atoms with E-state index in [4.69, 9.17) is 0 Å². The minimum atomic E-state index is -3.65. The fourth-order valence-electron chi connectivity index (χ4n) is 1.87. The summed E-state index contributed by atoms with van der Waals surface area (Å²) in [5.41, 5.74) is 0.817. The molecule has 1 N–H and O–H groups in total. The summed E-state index contributed by atoms with van der Waals surface area (Å²) in [6, 6.07) is 1.54. The average Bonchev–Trinajstić information content (AvgIpc) is 2.84. The number of sulfonamides is 1. The van der Waals surface area contributed by atoms with Gasteiger partial charge in [-0.2, -0.15) is 9.40 Å². The van der Waals surface area contributed by atoms with Crippen molar-refractivity contribution in [1.29, 1.82) is 0 Å². The zero-order chi connectivity index (χ0) is 15.6. The first kappa shape index (κ1) is 15.9. The predicted molar refractivity (Wildman–Crippen MR) is 83.3 cm³/mol. The van der Waals surface area contributed by atoms with Gasteiger partial charge in [0.05, 0.1) is 6.20 Å². The molecule has 7 nitrogen and oxygen atoms in total. The second-order valence-electron chi connectivity index (χ2n) is 4.53. The molecule has 0 unspecified atom stereocenters. The van der Waals surface area contributed by atoms with E-state index in [0.29, 0.717) is 10.3 Å². The van der Waals surface area contributed by atoms with E-state index in [2.05, 4.69) is 31.3 Å². The van der Waals surface area contributed by atoms with Gasteiger partial charge in [-0.15, -0.1) is 0 Å². The van der Waals surface area contributed by atoms with Gasteiger partial charge in [-0.25, -0.2) is 13.4 Å². The molecule has 0 aliphatic heterocycles. The van der Waals surface area contributed by atoms with Gasteiger partial charge >= 0.3 is 0 Å². The normalized spacial score (nSPS) is 11.9. The molecule has 0 atom stereocenters. The van der Waals surface area contributed by atoms with E-state index in [0.717, 1.165) is 5.56 Å². The highest BCUT2D eigenvalue weighted by Gasteiger charge is 2.25. The van der Waals surface area contributed by atoms with Gasteiger partial charge in [-0.1, -0.05) is 0 Å². The number of anilines is 1. The average molecular weight is 374 g/mol. The molecule has 0 saturated carbocycles. The van der Waals surface area contributed by atoms with Crippen LogP contribution in [-0.4, -0.2) is 41.6 Å². The lowest BCUT2D eigenvalue weighted by Gasteiger charge is -2.18. The van der Waals surface area contributed by atoms with Crippen molar-refractivity contribution in [3.63, 3.8) is 0 Å². The molecule has 0 radical (unpaired) electrons. The number of hydrogen-bond acceptors (Lipinski definition) is 5. The Bertz CT molecular complexity index is 744. The molecular weight excluding hydrogens is 358 g/mol. The van der Waals surface area contributed by atoms with Crippen LogP contribution in [-0.2, 0) is 23.6 Å². The Kier molecular flexibility index (Phi) is 4.64. The summed E-state index contributed by atoms with van der Waals surface area (Å²) in [7, 11) is 1.30. The van der Waals surface area contributed by atoms with Crippen LogP contribution in [0.5, 0.6) is 0 Å². The first-order valence-electron chi connectivity index (χ1n) is 6.11. The third-order valence-electron chi connectivity index (χ3n) is 2.91. The minimum absolute atomic E-state index is 0.130. The van der Waals surface area contributed by atoms with Crippen LogP contribution in [0.4, 0.5) is 5.82 Å². The van der Waals surface area contributed by atoms with Crippen LogP contribution in [0.25, 0.3) is 0 Å². The minimum Gasteiger partial charge on any atom is -0.372 e. The van der Waals surface area contributed by atoms with Gasteiger partial charge in [0, 0.05) is 50.1 Å². The molecule has 9 heteroatoms. The van der Waals surface area contributed by atoms with Gasteiger partial charge in [0.15, 0.2) is 0 Å². The standard InChI is InChI=1S/C12H16BrN5O2S/c1-14-12-11(4-10(13)6-15-12)21(19,20)18(3)8-9-5-16-17(2)7-9/h4-7H,8H2,1-3H3,(H,14,15). The van der Waals surface area contributed by atoms with Gasteiger partial charge in [0.1, 0.15) is 10.7 Å². The number of halogens is 1. The molecule has 0 saturated heterocycles. The van der Waals surface area contributed by atoms with Gasteiger partial charge in [-0.05, 0) is 22.0 Å². The van der Waals surface area contributed by atoms with Crippen molar-refractivity contribution >= 4 is 31.8 Å². The summed E-state index contributed by atoms with van der Waals surface area (Å²) in [5.74, 6) is 0.316. The maximum atomic E-state index is 12.7. The first-order valence-corrected chi connectivity index (χ1v) is 8.35. The predicted octanol–water partition coefficient (Wildman–Crippen LogP) is 1.44. The van der Waals surface area contributed by atoms with E-state index >= 15 is 0 Å². The lowest BCUT2D eigenvalue weighted by Crippen LogP contribution is -2.27. The van der Waals surface area contributed by atoms with Crippen LogP contribution < -0.4 is 5.32 Å². The van der Waals surface area contributed by atoms with E-state index in [1.165, 1.54) is 17.4 Å². The van der Waals surface area contributed by atoms with Crippen molar-refractivity contribution in [2.24, 2.45) is 7.05 Å². The van der Waals surface area contributed by atoms with Gasteiger partial charge < -0.3 is 5.32 Å². The number of nitrogens with one attached hydrogen (secondary N) is 1. The Morgan fingerprint density at radius 3 is 2.71 bits per heavy atom. The molecule has 0 aromatic carbocycles. The van der Waals surface area contributed by atoms with Crippen molar-refractivity contribution in [2.75, 3.05) is 19.4 Å². The fraction of sp³-hybridized carbons (Fsp3) is 0.333. The number of nitrogens with zero attached hydrogens (tertiary/aromatic N) is 4. The Morgan fingerprint density at radius 1 is 1.43 bits per heavy atom. The quantitative estimate of drug-likeness (QED) is 0.857. The monoisotopic (exact) mass is 373 g/mol. The van der Waals surface area contributed by atoms with E-state index in [1.807, 2.05) is 0 Å². The number of aryl methyl sites for hydroxylation is 1. The third kappa shape index (κ3) is 3.42. The molecular formula is C12H16BrN5O2S. The summed E-state index contributed by atoms with van der Waals surface area (Å²) in [6.07, 6.45) is 4.97. The van der Waals surface area contributed by atoms with Crippen LogP contribution in [0, 0.1) is 0 Å². The van der Waals surface area contributed by atoms with Crippen molar-refractivity contribution < 1.29 is 8.42 Å². The Hall–Kier alpha value is -1.45. The van der Waals surface area contributed by atoms with E-state index in [-0.39, 0.29) is 11.4 Å². The second kappa shape index (κ2) is 6.12. The highest BCUT2D eigenvalue weighted by atomic mass is 79.9. The number of pyridine rings is 1. The Morgan fingerprint density at radius 2 is 2.14 bits per heavy atom. The van der Waals surface area contributed by atoms with Crippen LogP contribution >= 0.6 is 15.9 Å². The second-order valence-corrected chi connectivity index (χ2v) is 7.46. The zero-order valence-electron chi connectivity index (χ0n) is 11.9. The van der Waals surface area contributed by atoms with Gasteiger partial charge in [0.2, 0.25) is 10.0 Å². The Labute approximate surface area is 132 Å². The highest BCUT2D eigenvalue weighted by Crippen LogP contribution is 2.25.